The Morgan fingerprint density at radius 3 is 2.59 bits per heavy atom. The number of urea groups is 1. The van der Waals surface area contributed by atoms with E-state index in [1.165, 1.54) is 0 Å². The lowest BCUT2D eigenvalue weighted by Crippen LogP contribution is -2.28. The molecule has 0 aromatic heterocycles. The van der Waals surface area contributed by atoms with E-state index in [2.05, 4.69) is 29.8 Å². The minimum atomic E-state index is -0.342. The van der Waals surface area contributed by atoms with Crippen LogP contribution in [-0.4, -0.2) is 11.9 Å². The van der Waals surface area contributed by atoms with E-state index in [0.29, 0.717) is 29.6 Å². The lowest BCUT2D eigenvalue weighted by Gasteiger charge is -2.12. The van der Waals surface area contributed by atoms with Gasteiger partial charge >= 0.3 is 6.03 Å². The van der Waals surface area contributed by atoms with E-state index in [1.54, 1.807) is 24.3 Å². The van der Waals surface area contributed by atoms with Gasteiger partial charge in [-0.05, 0) is 35.7 Å². The van der Waals surface area contributed by atoms with Gasteiger partial charge in [0.05, 0.1) is 10.7 Å². The molecule has 0 bridgehead atoms. The number of halogens is 1. The number of carbonyl (C=O) groups excluding carboxylic acids is 2. The average Bonchev–Trinajstić information content (AvgIpc) is 2.62. The maximum atomic E-state index is 12.1. The van der Waals surface area contributed by atoms with Crippen LogP contribution in [0.4, 0.5) is 16.2 Å². The fraction of sp³-hybridized carbons (Fsp3) is 0.333. The third kappa shape index (κ3) is 7.31. The van der Waals surface area contributed by atoms with Crippen LogP contribution in [0.2, 0.25) is 5.02 Å². The topological polar surface area (TPSA) is 70.2 Å². The van der Waals surface area contributed by atoms with Gasteiger partial charge in [0.1, 0.15) is 0 Å². The van der Waals surface area contributed by atoms with Crippen molar-refractivity contribution in [3.8, 4) is 0 Å². The summed E-state index contributed by atoms with van der Waals surface area (Å²) in [6.07, 6.45) is 2.63. The number of hydrogen-bond donors (Lipinski definition) is 3. The molecule has 5 nitrogen and oxygen atoms in total. The predicted octanol–water partition coefficient (Wildman–Crippen LogP) is 5.43. The normalized spacial score (nSPS) is 11.5. The highest BCUT2D eigenvalue weighted by atomic mass is 35.5. The van der Waals surface area contributed by atoms with Crippen LogP contribution in [0.5, 0.6) is 0 Å². The van der Waals surface area contributed by atoms with E-state index in [9.17, 15) is 9.59 Å². The number of carbonyl (C=O) groups is 2. The van der Waals surface area contributed by atoms with Crippen LogP contribution < -0.4 is 16.0 Å². The minimum absolute atomic E-state index is 0.0116. The van der Waals surface area contributed by atoms with Crippen LogP contribution >= 0.6 is 11.6 Å². The third-order valence-corrected chi connectivity index (χ3v) is 4.43. The Morgan fingerprint density at radius 1 is 1.07 bits per heavy atom. The van der Waals surface area contributed by atoms with Crippen LogP contribution in [0.25, 0.3) is 0 Å². The quantitative estimate of drug-likeness (QED) is 0.565. The zero-order valence-electron chi connectivity index (χ0n) is 15.7. The molecule has 0 saturated carbocycles. The Kier molecular flexibility index (Phi) is 8.14. The first-order valence-corrected chi connectivity index (χ1v) is 9.54. The molecule has 0 saturated heterocycles. The first-order chi connectivity index (χ1) is 13.0. The molecule has 2 aromatic carbocycles. The van der Waals surface area contributed by atoms with E-state index in [-0.39, 0.29) is 11.9 Å². The Labute approximate surface area is 165 Å². The van der Waals surface area contributed by atoms with Gasteiger partial charge in [0.2, 0.25) is 5.91 Å². The molecule has 0 aliphatic carbocycles. The fourth-order valence-electron chi connectivity index (χ4n) is 2.79. The molecule has 3 N–H and O–H groups in total. The lowest BCUT2D eigenvalue weighted by atomic mass is 10.0. The Morgan fingerprint density at radius 2 is 1.85 bits per heavy atom. The molecule has 2 rings (SSSR count). The molecule has 0 aliphatic heterocycles. The largest absolute Gasteiger partial charge is 0.334 e. The second-order valence-corrected chi connectivity index (χ2v) is 7.04. The summed E-state index contributed by atoms with van der Waals surface area (Å²) < 4.78 is 0. The van der Waals surface area contributed by atoms with Crippen LogP contribution in [0, 0.1) is 5.92 Å². The summed E-state index contributed by atoms with van der Waals surface area (Å²) in [6, 6.07) is 14.2. The van der Waals surface area contributed by atoms with E-state index < -0.39 is 0 Å². The van der Waals surface area contributed by atoms with Gasteiger partial charge < -0.3 is 16.0 Å². The van der Waals surface area contributed by atoms with Crippen molar-refractivity contribution in [2.45, 2.75) is 39.7 Å². The lowest BCUT2D eigenvalue weighted by molar-refractivity contribution is -0.117. The molecule has 0 fully saturated rings. The third-order valence-electron chi connectivity index (χ3n) is 4.10. The molecule has 0 heterocycles. The Balaban J connectivity index is 1.85. The van der Waals surface area contributed by atoms with Crippen LogP contribution in [-0.2, 0) is 11.3 Å². The average molecular weight is 388 g/mol. The predicted molar refractivity (Wildman–Crippen MR) is 111 cm³/mol. The smallest absolute Gasteiger partial charge is 0.319 e. The van der Waals surface area contributed by atoms with Crippen LogP contribution in [0.1, 0.15) is 38.7 Å². The van der Waals surface area contributed by atoms with Crippen molar-refractivity contribution < 1.29 is 9.59 Å². The monoisotopic (exact) mass is 387 g/mol. The van der Waals surface area contributed by atoms with Gasteiger partial charge in [-0.2, -0.15) is 0 Å². The number of rotatable bonds is 8. The van der Waals surface area contributed by atoms with Crippen molar-refractivity contribution >= 4 is 34.9 Å². The zero-order chi connectivity index (χ0) is 19.6. The first kappa shape index (κ1) is 20.8. The van der Waals surface area contributed by atoms with Crippen molar-refractivity contribution in [1.82, 2.24) is 5.32 Å². The Hall–Kier alpha value is -2.53. The van der Waals surface area contributed by atoms with Crippen molar-refractivity contribution in [2.75, 3.05) is 10.6 Å². The molecule has 1 atom stereocenters. The van der Waals surface area contributed by atoms with Gasteiger partial charge in [-0.25, -0.2) is 4.79 Å². The van der Waals surface area contributed by atoms with Crippen LogP contribution in [0.15, 0.2) is 48.5 Å². The van der Waals surface area contributed by atoms with Crippen molar-refractivity contribution in [3.05, 3.63) is 59.1 Å². The Bertz CT molecular complexity index is 780. The summed E-state index contributed by atoms with van der Waals surface area (Å²) in [5.41, 5.74) is 2.18. The summed E-state index contributed by atoms with van der Waals surface area (Å²) in [6.45, 7) is 4.54. The highest BCUT2D eigenvalue weighted by molar-refractivity contribution is 6.33. The van der Waals surface area contributed by atoms with Gasteiger partial charge in [-0.15, -0.1) is 0 Å². The summed E-state index contributed by atoms with van der Waals surface area (Å²) in [5, 5.41) is 8.89. The highest BCUT2D eigenvalue weighted by Crippen LogP contribution is 2.20. The molecule has 6 heteroatoms. The second-order valence-electron chi connectivity index (χ2n) is 6.63. The molecular weight excluding hydrogens is 362 g/mol. The molecule has 0 radical (unpaired) electrons. The van der Waals surface area contributed by atoms with Gasteiger partial charge in [0.25, 0.3) is 0 Å². The van der Waals surface area contributed by atoms with E-state index in [0.717, 1.165) is 24.1 Å². The SMILES string of the molecule is CCC[C@@H](C)CC(=O)Nc1cccc(CNC(=O)Nc2ccccc2Cl)c1. The summed E-state index contributed by atoms with van der Waals surface area (Å²) in [7, 11) is 0. The second kappa shape index (κ2) is 10.6. The molecule has 27 heavy (non-hydrogen) atoms. The number of anilines is 2. The summed E-state index contributed by atoms with van der Waals surface area (Å²) >= 11 is 6.03. The van der Waals surface area contributed by atoms with Gasteiger partial charge in [-0.1, -0.05) is 62.6 Å². The van der Waals surface area contributed by atoms with E-state index >= 15 is 0 Å². The summed E-state index contributed by atoms with van der Waals surface area (Å²) in [4.78, 5) is 24.1. The molecule has 2 aromatic rings. The first-order valence-electron chi connectivity index (χ1n) is 9.16. The maximum Gasteiger partial charge on any atom is 0.319 e. The molecule has 0 unspecified atom stereocenters. The standard InChI is InChI=1S/C21H26ClN3O2/c1-3-7-15(2)12-20(26)24-17-9-6-8-16(13-17)14-23-21(27)25-19-11-5-4-10-18(19)22/h4-6,8-11,13,15H,3,7,12,14H2,1-2H3,(H,24,26)(H2,23,25,27)/t15-/m1/s1. The van der Waals surface area contributed by atoms with E-state index in [1.807, 2.05) is 24.3 Å². The zero-order valence-corrected chi connectivity index (χ0v) is 16.5. The number of nitrogens with one attached hydrogen (secondary N) is 3. The highest BCUT2D eigenvalue weighted by Gasteiger charge is 2.09. The summed E-state index contributed by atoms with van der Waals surface area (Å²) in [5.74, 6) is 0.380. The number of benzene rings is 2. The van der Waals surface area contributed by atoms with Crippen LogP contribution in [0.3, 0.4) is 0 Å². The number of para-hydroxylation sites is 1. The number of amides is 3. The number of hydrogen-bond acceptors (Lipinski definition) is 2. The maximum absolute atomic E-state index is 12.1. The molecular formula is C21H26ClN3O2. The molecule has 0 aliphatic rings. The molecule has 3 amide bonds. The van der Waals surface area contributed by atoms with Gasteiger partial charge in [0, 0.05) is 18.7 Å². The van der Waals surface area contributed by atoms with Crippen molar-refractivity contribution in [3.63, 3.8) is 0 Å². The van der Waals surface area contributed by atoms with Crippen molar-refractivity contribution in [1.29, 1.82) is 0 Å². The minimum Gasteiger partial charge on any atom is -0.334 e. The molecule has 144 valence electrons. The van der Waals surface area contributed by atoms with Gasteiger partial charge in [0.15, 0.2) is 0 Å². The molecule has 0 spiro atoms. The van der Waals surface area contributed by atoms with E-state index in [4.69, 9.17) is 11.6 Å². The fourth-order valence-corrected chi connectivity index (χ4v) is 2.98. The van der Waals surface area contributed by atoms with Gasteiger partial charge in [-0.3, -0.25) is 4.79 Å². The van der Waals surface area contributed by atoms with Crippen molar-refractivity contribution in [2.24, 2.45) is 5.92 Å².